The minimum Gasteiger partial charge on any atom is -0.379 e. The Morgan fingerprint density at radius 3 is 2.79 bits per heavy atom. The molecule has 0 bridgehead atoms. The van der Waals surface area contributed by atoms with Crippen molar-refractivity contribution in [1.82, 2.24) is 19.8 Å². The van der Waals surface area contributed by atoms with Crippen molar-refractivity contribution in [2.45, 2.75) is 32.9 Å². The lowest BCUT2D eigenvalue weighted by Gasteiger charge is -2.36. The van der Waals surface area contributed by atoms with Gasteiger partial charge < -0.3 is 10.1 Å². The Balaban J connectivity index is 1.57. The number of benzene rings is 1. The van der Waals surface area contributed by atoms with Crippen molar-refractivity contribution in [3.63, 3.8) is 0 Å². The van der Waals surface area contributed by atoms with E-state index in [9.17, 15) is 9.59 Å². The zero-order valence-electron chi connectivity index (χ0n) is 16.4. The van der Waals surface area contributed by atoms with Crippen molar-refractivity contribution in [3.05, 3.63) is 39.4 Å². The first-order valence-corrected chi connectivity index (χ1v) is 10.5. The van der Waals surface area contributed by atoms with E-state index in [1.807, 2.05) is 6.07 Å². The number of fused-ring (bicyclic) bond motifs is 1. The first-order chi connectivity index (χ1) is 13.5. The predicted octanol–water partition coefficient (Wildman–Crippen LogP) is 2.02. The van der Waals surface area contributed by atoms with E-state index in [1.54, 1.807) is 12.1 Å². The zero-order chi connectivity index (χ0) is 20.1. The second-order valence-corrected chi connectivity index (χ2v) is 8.33. The molecule has 152 valence electrons. The quantitative estimate of drug-likeness (QED) is 0.697. The van der Waals surface area contributed by atoms with Gasteiger partial charge in [-0.15, -0.1) is 0 Å². The number of nitrogens with zero attached hydrogens (tertiary/aromatic N) is 3. The van der Waals surface area contributed by atoms with Crippen LogP contribution in [-0.2, 0) is 16.1 Å². The number of hydrogen-bond acceptors (Lipinski definition) is 5. The maximum Gasteiger partial charge on any atom is 0.261 e. The molecule has 1 aliphatic heterocycles. The van der Waals surface area contributed by atoms with E-state index in [0.717, 1.165) is 30.8 Å². The smallest absolute Gasteiger partial charge is 0.261 e. The molecule has 8 heteroatoms. The van der Waals surface area contributed by atoms with Crippen molar-refractivity contribution in [1.29, 1.82) is 0 Å². The van der Waals surface area contributed by atoms with Crippen molar-refractivity contribution in [2.75, 3.05) is 32.8 Å². The lowest BCUT2D eigenvalue weighted by Crippen LogP contribution is -2.51. The van der Waals surface area contributed by atoms with Crippen LogP contribution in [0.5, 0.6) is 0 Å². The summed E-state index contributed by atoms with van der Waals surface area (Å²) in [5.41, 5.74) is 0.520. The summed E-state index contributed by atoms with van der Waals surface area (Å²) in [5.74, 6) is 0.379. The molecule has 0 aliphatic carbocycles. The van der Waals surface area contributed by atoms with Crippen LogP contribution in [0.25, 0.3) is 10.9 Å². The lowest BCUT2D eigenvalue weighted by atomic mass is 10.0. The molecular formula is C20H27BrN4O3. The third-order valence-corrected chi connectivity index (χ3v) is 5.65. The van der Waals surface area contributed by atoms with Gasteiger partial charge >= 0.3 is 0 Å². The first-order valence-electron chi connectivity index (χ1n) is 9.69. The number of aryl methyl sites for hydroxylation is 1. The SMILES string of the molecule is CC(C)C(CNC(=O)CCn1cnc2ccc(Br)cc2c1=O)N1CCOCC1. The second kappa shape index (κ2) is 9.62. The Bertz CT molecular complexity index is 877. The number of aromatic nitrogens is 2. The average molecular weight is 451 g/mol. The van der Waals surface area contributed by atoms with Gasteiger partial charge in [0.25, 0.3) is 5.56 Å². The predicted molar refractivity (Wildman–Crippen MR) is 112 cm³/mol. The van der Waals surface area contributed by atoms with Crippen LogP contribution in [-0.4, -0.2) is 59.2 Å². The summed E-state index contributed by atoms with van der Waals surface area (Å²) in [4.78, 5) is 31.7. The number of halogens is 1. The van der Waals surface area contributed by atoms with E-state index in [0.29, 0.717) is 29.9 Å². The molecule has 2 heterocycles. The fourth-order valence-electron chi connectivity index (χ4n) is 3.51. The van der Waals surface area contributed by atoms with Gasteiger partial charge in [0.05, 0.1) is 30.4 Å². The van der Waals surface area contributed by atoms with E-state index in [4.69, 9.17) is 4.74 Å². The van der Waals surface area contributed by atoms with Gasteiger partial charge in [-0.2, -0.15) is 0 Å². The van der Waals surface area contributed by atoms with Crippen LogP contribution < -0.4 is 10.9 Å². The van der Waals surface area contributed by atoms with Crippen LogP contribution in [0.15, 0.2) is 33.8 Å². The normalized spacial score (nSPS) is 16.4. The van der Waals surface area contributed by atoms with Crippen LogP contribution in [0, 0.1) is 5.92 Å². The molecule has 2 aromatic rings. The number of carbonyl (C=O) groups excluding carboxylic acids is 1. The van der Waals surface area contributed by atoms with E-state index in [-0.39, 0.29) is 23.9 Å². The van der Waals surface area contributed by atoms with E-state index in [1.165, 1.54) is 10.9 Å². The third kappa shape index (κ3) is 5.18. The average Bonchev–Trinajstić information content (AvgIpc) is 2.68. The largest absolute Gasteiger partial charge is 0.379 e. The first kappa shape index (κ1) is 21.0. The van der Waals surface area contributed by atoms with Gasteiger partial charge in [-0.25, -0.2) is 4.98 Å². The molecule has 7 nitrogen and oxygen atoms in total. The molecular weight excluding hydrogens is 424 g/mol. The van der Waals surface area contributed by atoms with Crippen molar-refractivity contribution in [2.24, 2.45) is 5.92 Å². The standard InChI is InChI=1S/C20H27BrN4O3/c1-14(2)18(24-7-9-28-10-8-24)12-22-19(26)5-6-25-13-23-17-4-3-15(21)11-16(17)20(25)27/h3-4,11,13-14,18H,5-10,12H2,1-2H3,(H,22,26). The highest BCUT2D eigenvalue weighted by Gasteiger charge is 2.24. The van der Waals surface area contributed by atoms with Gasteiger partial charge in [0, 0.05) is 43.1 Å². The van der Waals surface area contributed by atoms with Gasteiger partial charge in [-0.1, -0.05) is 29.8 Å². The Hall–Kier alpha value is -1.77. The summed E-state index contributed by atoms with van der Waals surface area (Å²) < 4.78 is 7.75. The minimum atomic E-state index is -0.132. The van der Waals surface area contributed by atoms with E-state index >= 15 is 0 Å². The van der Waals surface area contributed by atoms with Gasteiger partial charge in [0.2, 0.25) is 5.91 Å². The van der Waals surface area contributed by atoms with Gasteiger partial charge in [0.1, 0.15) is 0 Å². The van der Waals surface area contributed by atoms with Crippen molar-refractivity contribution < 1.29 is 9.53 Å². The zero-order valence-corrected chi connectivity index (χ0v) is 17.9. The highest BCUT2D eigenvalue weighted by Crippen LogP contribution is 2.15. The molecule has 3 rings (SSSR count). The molecule has 1 aromatic heterocycles. The summed E-state index contributed by atoms with van der Waals surface area (Å²) >= 11 is 3.38. The van der Waals surface area contributed by atoms with Crippen LogP contribution in [0.4, 0.5) is 0 Å². The Morgan fingerprint density at radius 2 is 2.07 bits per heavy atom. The van der Waals surface area contributed by atoms with Crippen LogP contribution in [0.2, 0.25) is 0 Å². The fraction of sp³-hybridized carbons (Fsp3) is 0.550. The molecule has 1 saturated heterocycles. The number of rotatable bonds is 7. The van der Waals surface area contributed by atoms with Gasteiger partial charge in [-0.3, -0.25) is 19.1 Å². The van der Waals surface area contributed by atoms with Crippen LogP contribution >= 0.6 is 15.9 Å². The van der Waals surface area contributed by atoms with Crippen molar-refractivity contribution in [3.8, 4) is 0 Å². The Morgan fingerprint density at radius 1 is 1.32 bits per heavy atom. The molecule has 1 fully saturated rings. The second-order valence-electron chi connectivity index (χ2n) is 7.42. The Labute approximate surface area is 173 Å². The number of ether oxygens (including phenoxy) is 1. The van der Waals surface area contributed by atoms with E-state index in [2.05, 4.69) is 45.0 Å². The molecule has 0 saturated carbocycles. The summed E-state index contributed by atoms with van der Waals surface area (Å²) in [7, 11) is 0. The summed E-state index contributed by atoms with van der Waals surface area (Å²) in [5, 5.41) is 3.58. The molecule has 1 unspecified atom stereocenters. The van der Waals surface area contributed by atoms with Gasteiger partial charge in [0.15, 0.2) is 0 Å². The molecule has 1 aromatic carbocycles. The topological polar surface area (TPSA) is 76.5 Å². The summed E-state index contributed by atoms with van der Waals surface area (Å²) in [6, 6.07) is 5.70. The fourth-order valence-corrected chi connectivity index (χ4v) is 3.88. The number of morpholine rings is 1. The van der Waals surface area contributed by atoms with Crippen molar-refractivity contribution >= 4 is 32.7 Å². The van der Waals surface area contributed by atoms with Crippen LogP contribution in [0.3, 0.4) is 0 Å². The third-order valence-electron chi connectivity index (χ3n) is 5.16. The highest BCUT2D eigenvalue weighted by molar-refractivity contribution is 9.10. The summed E-state index contributed by atoms with van der Waals surface area (Å²) in [6.07, 6.45) is 1.76. The number of hydrogen-bond donors (Lipinski definition) is 1. The van der Waals surface area contributed by atoms with Crippen LogP contribution in [0.1, 0.15) is 20.3 Å². The monoisotopic (exact) mass is 450 g/mol. The number of carbonyl (C=O) groups is 1. The number of amides is 1. The van der Waals surface area contributed by atoms with E-state index < -0.39 is 0 Å². The molecule has 1 aliphatic rings. The lowest BCUT2D eigenvalue weighted by molar-refractivity contribution is -0.121. The molecule has 0 radical (unpaired) electrons. The maximum atomic E-state index is 12.6. The minimum absolute atomic E-state index is 0.0554. The molecule has 1 amide bonds. The molecule has 1 N–H and O–H groups in total. The summed E-state index contributed by atoms with van der Waals surface area (Å²) in [6.45, 7) is 8.53. The Kier molecular flexibility index (Phi) is 7.20. The van der Waals surface area contributed by atoms with Gasteiger partial charge in [-0.05, 0) is 24.1 Å². The molecule has 0 spiro atoms. The number of nitrogens with one attached hydrogen (secondary N) is 1. The molecule has 28 heavy (non-hydrogen) atoms. The highest BCUT2D eigenvalue weighted by atomic mass is 79.9. The maximum absolute atomic E-state index is 12.6. The molecule has 1 atom stereocenters.